The number of para-hydroxylation sites is 1. The van der Waals surface area contributed by atoms with E-state index < -0.39 is 22.0 Å². The third kappa shape index (κ3) is 4.26. The largest absolute Gasteiger partial charge is 0.493 e. The van der Waals surface area contributed by atoms with Crippen LogP contribution in [0, 0.1) is 0 Å². The van der Waals surface area contributed by atoms with Gasteiger partial charge in [0.1, 0.15) is 11.8 Å². The third-order valence-electron chi connectivity index (χ3n) is 5.63. The van der Waals surface area contributed by atoms with Gasteiger partial charge in [-0.05, 0) is 29.8 Å². The number of methoxy groups -OCH3 is 3. The lowest BCUT2D eigenvalue weighted by molar-refractivity contribution is -0.135. The fraction of sp³-hybridized carbons (Fsp3) is 0.240. The van der Waals surface area contributed by atoms with Gasteiger partial charge in [-0.25, -0.2) is 8.42 Å². The van der Waals surface area contributed by atoms with Crippen LogP contribution in [0.3, 0.4) is 0 Å². The first-order chi connectivity index (χ1) is 16.3. The summed E-state index contributed by atoms with van der Waals surface area (Å²) in [6.07, 6.45) is 0.351. The van der Waals surface area contributed by atoms with Gasteiger partial charge in [0.15, 0.2) is 21.3 Å². The van der Waals surface area contributed by atoms with Gasteiger partial charge in [-0.15, -0.1) is 0 Å². The highest BCUT2D eigenvalue weighted by Gasteiger charge is 2.51. The number of carbonyl (C=O) groups is 1. The van der Waals surface area contributed by atoms with Crippen molar-refractivity contribution in [2.24, 2.45) is 0 Å². The second-order valence-electron chi connectivity index (χ2n) is 7.73. The molecule has 8 nitrogen and oxygen atoms in total. The Hall–Kier alpha value is -3.72. The molecule has 0 aliphatic carbocycles. The van der Waals surface area contributed by atoms with E-state index in [4.69, 9.17) is 18.9 Å². The first kappa shape index (κ1) is 23.4. The molecule has 0 bridgehead atoms. The van der Waals surface area contributed by atoms with Crippen LogP contribution in [0.15, 0.2) is 71.6 Å². The molecule has 1 heterocycles. The second kappa shape index (κ2) is 9.26. The number of sulfone groups is 1. The normalized spacial score (nSPS) is 17.6. The van der Waals surface area contributed by atoms with Crippen LogP contribution < -0.4 is 23.8 Å². The van der Waals surface area contributed by atoms with E-state index in [1.807, 2.05) is 18.2 Å². The van der Waals surface area contributed by atoms with Crippen LogP contribution in [0.5, 0.6) is 23.0 Å². The summed E-state index contributed by atoms with van der Waals surface area (Å²) in [5.74, 6) is 1.53. The fourth-order valence-corrected chi connectivity index (χ4v) is 4.58. The zero-order valence-corrected chi connectivity index (χ0v) is 20.0. The number of β-lactam (4-membered cyclic amide) rings is 1. The Kier molecular flexibility index (Phi) is 6.39. The number of benzene rings is 3. The molecule has 3 aromatic carbocycles. The number of ether oxygens (including phenoxy) is 4. The summed E-state index contributed by atoms with van der Waals surface area (Å²) in [4.78, 5) is 15.1. The molecular formula is C25H25NO7S. The first-order valence-electron chi connectivity index (χ1n) is 10.4. The van der Waals surface area contributed by atoms with E-state index in [0.29, 0.717) is 28.7 Å². The number of hydrogen-bond donors (Lipinski definition) is 0. The molecule has 1 saturated heterocycles. The lowest BCUT2D eigenvalue weighted by Gasteiger charge is -2.46. The summed E-state index contributed by atoms with van der Waals surface area (Å²) in [7, 11) is 1.15. The van der Waals surface area contributed by atoms with E-state index >= 15 is 0 Å². The van der Waals surface area contributed by atoms with Crippen molar-refractivity contribution in [1.82, 2.24) is 0 Å². The molecule has 0 radical (unpaired) electrons. The van der Waals surface area contributed by atoms with E-state index in [2.05, 4.69) is 0 Å². The van der Waals surface area contributed by atoms with Crippen LogP contribution in [-0.2, 0) is 14.6 Å². The Morgan fingerprint density at radius 1 is 0.824 bits per heavy atom. The lowest BCUT2D eigenvalue weighted by atomic mass is 9.89. The van der Waals surface area contributed by atoms with Crippen LogP contribution in [-0.4, -0.2) is 48.0 Å². The molecule has 0 spiro atoms. The van der Waals surface area contributed by atoms with Gasteiger partial charge in [-0.3, -0.25) is 9.69 Å². The average molecular weight is 484 g/mol. The van der Waals surface area contributed by atoms with Crippen LogP contribution in [0.1, 0.15) is 11.6 Å². The SMILES string of the molecule is COc1cc(N2C(=O)[C@@H](Oc3ccccc3)[C@H]2c2ccc(S(C)(=O)=O)cc2)cc(OC)c1OC. The Balaban J connectivity index is 1.78. The minimum absolute atomic E-state index is 0.196. The van der Waals surface area contributed by atoms with Gasteiger partial charge in [0.2, 0.25) is 11.9 Å². The van der Waals surface area contributed by atoms with Crippen LogP contribution in [0.25, 0.3) is 0 Å². The monoisotopic (exact) mass is 483 g/mol. The van der Waals surface area contributed by atoms with Crippen LogP contribution in [0.4, 0.5) is 5.69 Å². The molecule has 178 valence electrons. The van der Waals surface area contributed by atoms with Crippen molar-refractivity contribution < 1.29 is 32.2 Å². The fourth-order valence-electron chi connectivity index (χ4n) is 3.95. The molecule has 0 aromatic heterocycles. The zero-order chi connectivity index (χ0) is 24.5. The lowest BCUT2D eigenvalue weighted by Crippen LogP contribution is -2.61. The first-order valence-corrected chi connectivity index (χ1v) is 12.3. The molecule has 3 aromatic rings. The topological polar surface area (TPSA) is 91.4 Å². The average Bonchev–Trinajstić information content (AvgIpc) is 2.84. The zero-order valence-electron chi connectivity index (χ0n) is 19.2. The number of rotatable bonds is 8. The third-order valence-corrected chi connectivity index (χ3v) is 6.76. The van der Waals surface area contributed by atoms with Crippen molar-refractivity contribution in [1.29, 1.82) is 0 Å². The van der Waals surface area contributed by atoms with Crippen molar-refractivity contribution in [3.63, 3.8) is 0 Å². The Bertz CT molecular complexity index is 1270. The minimum Gasteiger partial charge on any atom is -0.493 e. The summed E-state index contributed by atoms with van der Waals surface area (Å²) < 4.78 is 46.2. The highest BCUT2D eigenvalue weighted by Crippen LogP contribution is 2.47. The van der Waals surface area contributed by atoms with E-state index in [0.717, 1.165) is 11.8 Å². The summed E-state index contributed by atoms with van der Waals surface area (Å²) in [6, 6.07) is 18.4. The molecule has 0 saturated carbocycles. The second-order valence-corrected chi connectivity index (χ2v) is 9.75. The van der Waals surface area contributed by atoms with Gasteiger partial charge in [0.05, 0.1) is 31.9 Å². The summed E-state index contributed by atoms with van der Waals surface area (Å²) in [5, 5.41) is 0. The van der Waals surface area contributed by atoms with Crippen molar-refractivity contribution in [3.05, 3.63) is 72.3 Å². The van der Waals surface area contributed by atoms with E-state index in [9.17, 15) is 13.2 Å². The molecule has 1 fully saturated rings. The molecular weight excluding hydrogens is 458 g/mol. The number of nitrogens with zero attached hydrogens (tertiary/aromatic N) is 1. The quantitative estimate of drug-likeness (QED) is 0.452. The Morgan fingerprint density at radius 3 is 1.91 bits per heavy atom. The van der Waals surface area contributed by atoms with Gasteiger partial charge in [0.25, 0.3) is 5.91 Å². The van der Waals surface area contributed by atoms with Gasteiger partial charge in [-0.2, -0.15) is 0 Å². The maximum Gasteiger partial charge on any atom is 0.271 e. The summed E-state index contributed by atoms with van der Waals surface area (Å²) >= 11 is 0. The molecule has 1 amide bonds. The molecule has 1 aliphatic rings. The van der Waals surface area contributed by atoms with Crippen molar-refractivity contribution in [2.45, 2.75) is 17.0 Å². The molecule has 2 atom stereocenters. The number of amides is 1. The van der Waals surface area contributed by atoms with Crippen LogP contribution in [0.2, 0.25) is 0 Å². The standard InChI is InChI=1S/C25H25NO7S/c1-30-20-14-17(15-21(31-2)23(20)32-3)26-22(16-10-12-19(13-11-16)34(4,28)29)24(25(26)27)33-18-8-6-5-7-9-18/h5-15,22,24H,1-4H3/t22-,24+/m1/s1. The number of hydrogen-bond acceptors (Lipinski definition) is 7. The van der Waals surface area contributed by atoms with E-state index in [1.54, 1.807) is 41.3 Å². The summed E-state index contributed by atoms with van der Waals surface area (Å²) in [5.41, 5.74) is 1.26. The minimum atomic E-state index is -3.36. The Labute approximate surface area is 198 Å². The molecule has 34 heavy (non-hydrogen) atoms. The number of carbonyl (C=O) groups excluding carboxylic acids is 1. The van der Waals surface area contributed by atoms with Crippen molar-refractivity contribution >= 4 is 21.4 Å². The van der Waals surface area contributed by atoms with E-state index in [-0.39, 0.29) is 10.8 Å². The molecule has 9 heteroatoms. The predicted molar refractivity (Wildman–Crippen MR) is 127 cm³/mol. The van der Waals surface area contributed by atoms with Gasteiger partial charge >= 0.3 is 0 Å². The van der Waals surface area contributed by atoms with E-state index in [1.165, 1.54) is 33.5 Å². The van der Waals surface area contributed by atoms with Gasteiger partial charge in [0, 0.05) is 18.4 Å². The highest BCUT2D eigenvalue weighted by molar-refractivity contribution is 7.90. The maximum absolute atomic E-state index is 13.3. The highest BCUT2D eigenvalue weighted by atomic mass is 32.2. The van der Waals surface area contributed by atoms with Gasteiger partial charge < -0.3 is 18.9 Å². The van der Waals surface area contributed by atoms with Crippen molar-refractivity contribution in [3.8, 4) is 23.0 Å². The van der Waals surface area contributed by atoms with Gasteiger partial charge in [-0.1, -0.05) is 30.3 Å². The molecule has 4 rings (SSSR count). The maximum atomic E-state index is 13.3. The van der Waals surface area contributed by atoms with Crippen LogP contribution >= 0.6 is 0 Å². The summed E-state index contributed by atoms with van der Waals surface area (Å²) in [6.45, 7) is 0. The molecule has 0 unspecified atom stereocenters. The molecule has 1 aliphatic heterocycles. The van der Waals surface area contributed by atoms with Crippen molar-refractivity contribution in [2.75, 3.05) is 32.5 Å². The smallest absolute Gasteiger partial charge is 0.271 e. The Morgan fingerprint density at radius 2 is 1.41 bits per heavy atom. The predicted octanol–water partition coefficient (Wildman–Crippen LogP) is 3.65. The molecule has 0 N–H and O–H groups in total. The number of anilines is 1.